The number of halogens is 4. The summed E-state index contributed by atoms with van der Waals surface area (Å²) in [6.07, 6.45) is -11.2. The Hall–Kier alpha value is -2.69. The SMILES string of the molecule is C#CCn1c(=O)n([C@@H]2O[C@H]([C@@H](O)C(F)(F)F)[C@H](F)[C@H]2O)c2nc(N)ncc21. The van der Waals surface area contributed by atoms with E-state index < -0.39 is 42.6 Å². The number of ether oxygens (including phenoxy) is 1. The molecule has 9 nitrogen and oxygen atoms in total. The second kappa shape index (κ2) is 6.48. The van der Waals surface area contributed by atoms with Gasteiger partial charge in [-0.2, -0.15) is 18.2 Å². The molecule has 0 aromatic carbocycles. The Morgan fingerprint density at radius 3 is 2.74 bits per heavy atom. The van der Waals surface area contributed by atoms with Crippen molar-refractivity contribution in [3.63, 3.8) is 0 Å². The molecule has 27 heavy (non-hydrogen) atoms. The summed E-state index contributed by atoms with van der Waals surface area (Å²) in [6.45, 7) is -0.258. The van der Waals surface area contributed by atoms with Gasteiger partial charge in [0, 0.05) is 0 Å². The monoisotopic (exact) mass is 391 g/mol. The van der Waals surface area contributed by atoms with Gasteiger partial charge in [-0.1, -0.05) is 5.92 Å². The fraction of sp³-hybridized carbons (Fsp3) is 0.500. The number of hydrogen-bond donors (Lipinski definition) is 3. The molecule has 146 valence electrons. The van der Waals surface area contributed by atoms with Gasteiger partial charge in [-0.05, 0) is 0 Å². The molecular weight excluding hydrogens is 378 g/mol. The van der Waals surface area contributed by atoms with Crippen LogP contribution in [0.2, 0.25) is 0 Å². The molecule has 0 amide bonds. The van der Waals surface area contributed by atoms with Crippen molar-refractivity contribution in [2.24, 2.45) is 0 Å². The summed E-state index contributed by atoms with van der Waals surface area (Å²) in [4.78, 5) is 20.1. The Bertz CT molecular complexity index is 965. The van der Waals surface area contributed by atoms with E-state index in [1.807, 2.05) is 0 Å². The highest BCUT2D eigenvalue weighted by Gasteiger charge is 2.56. The van der Waals surface area contributed by atoms with E-state index in [4.69, 9.17) is 16.9 Å². The minimum atomic E-state index is -5.20. The standard InChI is InChI=1S/C14H13F4N5O4/c1-2-3-22-5-4-20-12(19)21-10(5)23(13(22)26)11-7(24)6(15)8(27-11)9(25)14(16,17)18/h1,4,6-9,11,24-25H,3H2,(H2,19,20,21)/t6-,7-,8+,9-,11-/m1/s1. The van der Waals surface area contributed by atoms with Crippen LogP contribution in [-0.2, 0) is 11.3 Å². The van der Waals surface area contributed by atoms with Crippen LogP contribution in [0.25, 0.3) is 11.2 Å². The Morgan fingerprint density at radius 1 is 1.48 bits per heavy atom. The van der Waals surface area contributed by atoms with Crippen LogP contribution in [-0.4, -0.2) is 60.0 Å². The van der Waals surface area contributed by atoms with E-state index in [1.165, 1.54) is 0 Å². The number of aliphatic hydroxyl groups is 2. The molecule has 1 fully saturated rings. The van der Waals surface area contributed by atoms with Crippen molar-refractivity contribution in [1.29, 1.82) is 0 Å². The molecular formula is C14H13F4N5O4. The summed E-state index contributed by atoms with van der Waals surface area (Å²) in [7, 11) is 0. The molecule has 2 aromatic rings. The van der Waals surface area contributed by atoms with Gasteiger partial charge in [0.1, 0.15) is 17.7 Å². The molecule has 1 aliphatic heterocycles. The Balaban J connectivity index is 2.13. The van der Waals surface area contributed by atoms with Crippen molar-refractivity contribution < 1.29 is 32.5 Å². The van der Waals surface area contributed by atoms with Crippen molar-refractivity contribution in [1.82, 2.24) is 19.1 Å². The minimum absolute atomic E-state index is 0.0539. The maximum absolute atomic E-state index is 14.2. The summed E-state index contributed by atoms with van der Waals surface area (Å²) in [5, 5.41) is 19.3. The number of hydrogen-bond acceptors (Lipinski definition) is 7. The van der Waals surface area contributed by atoms with E-state index in [1.54, 1.807) is 0 Å². The van der Waals surface area contributed by atoms with Crippen LogP contribution in [0.1, 0.15) is 6.23 Å². The van der Waals surface area contributed by atoms with Gasteiger partial charge in [-0.3, -0.25) is 4.57 Å². The van der Waals surface area contributed by atoms with E-state index in [0.29, 0.717) is 4.57 Å². The van der Waals surface area contributed by atoms with Crippen LogP contribution in [0.3, 0.4) is 0 Å². The molecule has 1 saturated heterocycles. The number of alkyl halides is 4. The van der Waals surface area contributed by atoms with Gasteiger partial charge in [0.25, 0.3) is 0 Å². The Kier molecular flexibility index (Phi) is 4.58. The predicted molar refractivity (Wildman–Crippen MR) is 81.9 cm³/mol. The third kappa shape index (κ3) is 3.01. The summed E-state index contributed by atoms with van der Waals surface area (Å²) in [6, 6.07) is 0. The summed E-state index contributed by atoms with van der Waals surface area (Å²) < 4.78 is 58.8. The number of anilines is 1. The lowest BCUT2D eigenvalue weighted by atomic mass is 10.1. The first kappa shape index (κ1) is 19.1. The second-order valence-corrected chi connectivity index (χ2v) is 5.79. The van der Waals surface area contributed by atoms with E-state index >= 15 is 0 Å². The first-order valence-corrected chi connectivity index (χ1v) is 7.47. The fourth-order valence-corrected chi connectivity index (χ4v) is 2.86. The first-order valence-electron chi connectivity index (χ1n) is 7.47. The predicted octanol–water partition coefficient (Wildman–Crippen LogP) is -0.672. The molecule has 0 bridgehead atoms. The van der Waals surface area contributed by atoms with Crippen LogP contribution >= 0.6 is 0 Å². The van der Waals surface area contributed by atoms with Crippen molar-refractivity contribution in [3.8, 4) is 12.3 Å². The maximum Gasteiger partial charge on any atom is 0.417 e. The van der Waals surface area contributed by atoms with E-state index in [9.17, 15) is 32.6 Å². The summed E-state index contributed by atoms with van der Waals surface area (Å²) in [5.74, 6) is 1.91. The topological polar surface area (TPSA) is 128 Å². The van der Waals surface area contributed by atoms with Crippen molar-refractivity contribution >= 4 is 17.1 Å². The van der Waals surface area contributed by atoms with Crippen LogP contribution in [0.15, 0.2) is 11.0 Å². The molecule has 3 heterocycles. The number of rotatable bonds is 3. The molecule has 0 unspecified atom stereocenters. The van der Waals surface area contributed by atoms with Gasteiger partial charge < -0.3 is 20.7 Å². The average molecular weight is 391 g/mol. The zero-order chi connectivity index (χ0) is 20.1. The average Bonchev–Trinajstić information content (AvgIpc) is 3.01. The third-order valence-corrected chi connectivity index (χ3v) is 4.10. The summed E-state index contributed by atoms with van der Waals surface area (Å²) >= 11 is 0. The smallest absolute Gasteiger partial charge is 0.385 e. The second-order valence-electron chi connectivity index (χ2n) is 5.79. The lowest BCUT2D eigenvalue weighted by Crippen LogP contribution is -2.44. The largest absolute Gasteiger partial charge is 0.417 e. The lowest BCUT2D eigenvalue weighted by molar-refractivity contribution is -0.241. The first-order chi connectivity index (χ1) is 12.6. The highest BCUT2D eigenvalue weighted by Crippen LogP contribution is 2.38. The number of fused-ring (bicyclic) bond motifs is 1. The number of nitrogen functional groups attached to an aromatic ring is 1. The van der Waals surface area contributed by atoms with Crippen LogP contribution in [0.4, 0.5) is 23.5 Å². The molecule has 0 spiro atoms. The van der Waals surface area contributed by atoms with Gasteiger partial charge in [-0.25, -0.2) is 18.7 Å². The minimum Gasteiger partial charge on any atom is -0.385 e. The van der Waals surface area contributed by atoms with Crippen LogP contribution < -0.4 is 11.4 Å². The lowest BCUT2D eigenvalue weighted by Gasteiger charge is -2.22. The molecule has 4 N–H and O–H groups in total. The fourth-order valence-electron chi connectivity index (χ4n) is 2.86. The van der Waals surface area contributed by atoms with Gasteiger partial charge in [0.15, 0.2) is 24.2 Å². The molecule has 0 saturated carbocycles. The Morgan fingerprint density at radius 2 is 2.15 bits per heavy atom. The highest BCUT2D eigenvalue weighted by atomic mass is 19.4. The molecule has 1 aliphatic rings. The number of nitrogens with two attached hydrogens (primary N) is 1. The van der Waals surface area contributed by atoms with Gasteiger partial charge in [-0.15, -0.1) is 6.42 Å². The maximum atomic E-state index is 14.2. The number of aromatic nitrogens is 4. The molecule has 3 rings (SSSR count). The van der Waals surface area contributed by atoms with Crippen molar-refractivity contribution in [2.45, 2.75) is 43.4 Å². The van der Waals surface area contributed by atoms with Crippen LogP contribution in [0.5, 0.6) is 0 Å². The normalized spacial score (nSPS) is 27.0. The zero-order valence-electron chi connectivity index (χ0n) is 13.3. The highest BCUT2D eigenvalue weighted by molar-refractivity contribution is 5.72. The number of terminal acetylenes is 1. The van der Waals surface area contributed by atoms with E-state index in [0.717, 1.165) is 10.8 Å². The van der Waals surface area contributed by atoms with E-state index in [2.05, 4.69) is 15.9 Å². The molecule has 0 radical (unpaired) electrons. The molecule has 5 atom stereocenters. The number of aliphatic hydroxyl groups excluding tert-OH is 2. The van der Waals surface area contributed by atoms with Crippen LogP contribution in [0, 0.1) is 12.3 Å². The zero-order valence-corrected chi connectivity index (χ0v) is 13.3. The molecule has 13 heteroatoms. The number of imidazole rings is 1. The molecule has 0 aliphatic carbocycles. The van der Waals surface area contributed by atoms with Gasteiger partial charge >= 0.3 is 11.9 Å². The van der Waals surface area contributed by atoms with Crippen molar-refractivity contribution in [2.75, 3.05) is 5.73 Å². The van der Waals surface area contributed by atoms with E-state index in [-0.39, 0.29) is 23.7 Å². The van der Waals surface area contributed by atoms with Gasteiger partial charge in [0.2, 0.25) is 5.95 Å². The van der Waals surface area contributed by atoms with Crippen molar-refractivity contribution in [3.05, 3.63) is 16.7 Å². The summed E-state index contributed by atoms with van der Waals surface area (Å²) in [5.41, 5.74) is 4.37. The Labute approximate surface area is 148 Å². The molecule has 2 aromatic heterocycles. The van der Waals surface area contributed by atoms with Gasteiger partial charge in [0.05, 0.1) is 12.7 Å². The third-order valence-electron chi connectivity index (χ3n) is 4.10. The quantitative estimate of drug-likeness (QED) is 0.468. The number of nitrogens with zero attached hydrogens (tertiary/aromatic N) is 4.